The van der Waals surface area contributed by atoms with Crippen molar-refractivity contribution in [1.82, 2.24) is 19.6 Å². The van der Waals surface area contributed by atoms with Gasteiger partial charge in [-0.25, -0.2) is 9.66 Å². The van der Waals surface area contributed by atoms with Gasteiger partial charge in [-0.15, -0.1) is 0 Å². The molecule has 0 aromatic carbocycles. The molecule has 0 atom stereocenters. The molecule has 0 saturated heterocycles. The first-order chi connectivity index (χ1) is 7.72. The lowest BCUT2D eigenvalue weighted by atomic mass is 10.5. The molecule has 0 unspecified atom stereocenters. The Bertz CT molecular complexity index is 545. The Morgan fingerprint density at radius 1 is 1.62 bits per heavy atom. The number of nitrogens with one attached hydrogen (secondary N) is 2. The molecule has 2 rings (SSSR count). The van der Waals surface area contributed by atoms with E-state index in [2.05, 4.69) is 20.4 Å². The molecule has 0 radical (unpaired) electrons. The minimum Gasteiger partial charge on any atom is -0.396 e. The van der Waals surface area contributed by atoms with Crippen molar-refractivity contribution in [3.8, 4) is 0 Å². The molecular weight excluding hydrogens is 212 g/mol. The van der Waals surface area contributed by atoms with Crippen LogP contribution in [0.2, 0.25) is 0 Å². The maximum absolute atomic E-state index is 11.4. The number of anilines is 1. The van der Waals surface area contributed by atoms with E-state index in [9.17, 15) is 4.79 Å². The predicted octanol–water partition coefficient (Wildman–Crippen LogP) is -1.37. The molecule has 0 spiro atoms. The lowest BCUT2D eigenvalue weighted by molar-refractivity contribution is 0.291. The van der Waals surface area contributed by atoms with E-state index in [1.54, 1.807) is 0 Å². The van der Waals surface area contributed by atoms with Crippen LogP contribution in [-0.4, -0.2) is 37.9 Å². The molecular formula is C8H12N6O2. The zero-order valence-corrected chi connectivity index (χ0v) is 8.47. The molecule has 0 amide bonds. The highest BCUT2D eigenvalue weighted by atomic mass is 16.3. The first-order valence-electron chi connectivity index (χ1n) is 4.80. The Kier molecular flexibility index (Phi) is 2.73. The summed E-state index contributed by atoms with van der Waals surface area (Å²) in [5.74, 6) is 0.0446. The van der Waals surface area contributed by atoms with E-state index in [-0.39, 0.29) is 23.6 Å². The molecule has 0 saturated carbocycles. The van der Waals surface area contributed by atoms with Crippen LogP contribution in [-0.2, 0) is 0 Å². The van der Waals surface area contributed by atoms with Gasteiger partial charge in [0.15, 0.2) is 11.2 Å². The highest BCUT2D eigenvalue weighted by molar-refractivity contribution is 5.70. The normalized spacial score (nSPS) is 10.8. The van der Waals surface area contributed by atoms with E-state index in [1.165, 1.54) is 11.0 Å². The second kappa shape index (κ2) is 4.19. The van der Waals surface area contributed by atoms with E-state index >= 15 is 0 Å². The quantitative estimate of drug-likeness (QED) is 0.475. The summed E-state index contributed by atoms with van der Waals surface area (Å²) >= 11 is 0. The molecule has 0 aliphatic rings. The topological polar surface area (TPSA) is 122 Å². The SMILES string of the molecule is Nc1nc2c(ncn2NCCCO)c(=O)[nH]1. The van der Waals surface area contributed by atoms with Gasteiger partial charge in [0, 0.05) is 13.2 Å². The van der Waals surface area contributed by atoms with Gasteiger partial charge < -0.3 is 16.3 Å². The van der Waals surface area contributed by atoms with Gasteiger partial charge in [-0.05, 0) is 6.42 Å². The minimum absolute atomic E-state index is 0.0446. The lowest BCUT2D eigenvalue weighted by Crippen LogP contribution is -2.18. The number of imidazole rings is 1. The summed E-state index contributed by atoms with van der Waals surface area (Å²) in [6, 6.07) is 0. The first-order valence-corrected chi connectivity index (χ1v) is 4.80. The maximum atomic E-state index is 11.4. The molecule has 5 N–H and O–H groups in total. The molecule has 8 nitrogen and oxygen atoms in total. The number of nitrogens with two attached hydrogens (primary N) is 1. The number of aromatic nitrogens is 4. The van der Waals surface area contributed by atoms with Crippen molar-refractivity contribution < 1.29 is 5.11 Å². The van der Waals surface area contributed by atoms with Gasteiger partial charge in [0.2, 0.25) is 5.95 Å². The summed E-state index contributed by atoms with van der Waals surface area (Å²) in [5.41, 5.74) is 8.61. The number of hydrogen-bond donors (Lipinski definition) is 4. The number of hydrogen-bond acceptors (Lipinski definition) is 6. The second-order valence-corrected chi connectivity index (χ2v) is 3.22. The van der Waals surface area contributed by atoms with Crippen LogP contribution >= 0.6 is 0 Å². The van der Waals surface area contributed by atoms with Crippen LogP contribution in [0.3, 0.4) is 0 Å². The van der Waals surface area contributed by atoms with Crippen molar-refractivity contribution in [3.63, 3.8) is 0 Å². The van der Waals surface area contributed by atoms with Gasteiger partial charge in [0.25, 0.3) is 5.56 Å². The monoisotopic (exact) mass is 224 g/mol. The van der Waals surface area contributed by atoms with E-state index in [4.69, 9.17) is 10.8 Å². The Morgan fingerprint density at radius 2 is 2.44 bits per heavy atom. The van der Waals surface area contributed by atoms with Gasteiger partial charge in [-0.1, -0.05) is 0 Å². The van der Waals surface area contributed by atoms with Crippen LogP contribution in [0.15, 0.2) is 11.1 Å². The molecule has 0 bridgehead atoms. The summed E-state index contributed by atoms with van der Waals surface area (Å²) in [7, 11) is 0. The minimum atomic E-state index is -0.370. The van der Waals surface area contributed by atoms with Crippen molar-refractivity contribution in [3.05, 3.63) is 16.7 Å². The standard InChI is InChI=1S/C8H12N6O2/c9-8-12-6-5(7(16)13-8)10-4-14(6)11-2-1-3-15/h4,11,15H,1-3H2,(H3,9,12,13,16). The third kappa shape index (κ3) is 1.82. The number of aliphatic hydroxyl groups is 1. The molecule has 8 heteroatoms. The van der Waals surface area contributed by atoms with Crippen LogP contribution in [0.5, 0.6) is 0 Å². The third-order valence-corrected chi connectivity index (χ3v) is 2.04. The Hall–Kier alpha value is -2.09. The molecule has 0 fully saturated rings. The van der Waals surface area contributed by atoms with Crippen LogP contribution < -0.4 is 16.7 Å². The molecule has 2 heterocycles. The van der Waals surface area contributed by atoms with Crippen molar-refractivity contribution in [1.29, 1.82) is 0 Å². The zero-order chi connectivity index (χ0) is 11.5. The van der Waals surface area contributed by atoms with Crippen molar-refractivity contribution in [2.75, 3.05) is 24.3 Å². The van der Waals surface area contributed by atoms with E-state index in [0.29, 0.717) is 18.6 Å². The van der Waals surface area contributed by atoms with Crippen molar-refractivity contribution in [2.24, 2.45) is 0 Å². The number of aliphatic hydroxyl groups excluding tert-OH is 1. The van der Waals surface area contributed by atoms with Crippen LogP contribution in [0.25, 0.3) is 11.2 Å². The first kappa shape index (κ1) is 10.4. The Morgan fingerprint density at radius 3 is 3.19 bits per heavy atom. The van der Waals surface area contributed by atoms with Gasteiger partial charge in [0.1, 0.15) is 6.33 Å². The Labute approximate surface area is 90.1 Å². The fraction of sp³-hybridized carbons (Fsp3) is 0.375. The summed E-state index contributed by atoms with van der Waals surface area (Å²) in [6.07, 6.45) is 2.04. The van der Waals surface area contributed by atoms with Crippen molar-refractivity contribution >= 4 is 17.1 Å². The lowest BCUT2D eigenvalue weighted by Gasteiger charge is -2.05. The number of H-pyrrole nitrogens is 1. The van der Waals surface area contributed by atoms with Crippen LogP contribution in [0.1, 0.15) is 6.42 Å². The molecule has 16 heavy (non-hydrogen) atoms. The average Bonchev–Trinajstić information content (AvgIpc) is 2.62. The third-order valence-electron chi connectivity index (χ3n) is 2.04. The largest absolute Gasteiger partial charge is 0.396 e. The molecule has 2 aromatic rings. The number of nitrogen functional groups attached to an aromatic ring is 1. The maximum Gasteiger partial charge on any atom is 0.280 e. The van der Waals surface area contributed by atoms with E-state index in [0.717, 1.165) is 0 Å². The van der Waals surface area contributed by atoms with E-state index < -0.39 is 0 Å². The predicted molar refractivity (Wildman–Crippen MR) is 58.5 cm³/mol. The fourth-order valence-corrected chi connectivity index (χ4v) is 1.32. The number of nitrogens with zero attached hydrogens (tertiary/aromatic N) is 3. The van der Waals surface area contributed by atoms with Gasteiger partial charge >= 0.3 is 0 Å². The number of rotatable bonds is 4. The summed E-state index contributed by atoms with van der Waals surface area (Å²) < 4.78 is 1.51. The second-order valence-electron chi connectivity index (χ2n) is 3.22. The smallest absolute Gasteiger partial charge is 0.280 e. The molecule has 2 aromatic heterocycles. The molecule has 86 valence electrons. The zero-order valence-electron chi connectivity index (χ0n) is 8.47. The average molecular weight is 224 g/mol. The van der Waals surface area contributed by atoms with E-state index in [1.807, 2.05) is 0 Å². The number of aromatic amines is 1. The number of fused-ring (bicyclic) bond motifs is 1. The summed E-state index contributed by atoms with van der Waals surface area (Å²) in [4.78, 5) is 21.7. The molecule has 0 aliphatic heterocycles. The fourth-order valence-electron chi connectivity index (χ4n) is 1.32. The highest BCUT2D eigenvalue weighted by Gasteiger charge is 2.08. The molecule has 0 aliphatic carbocycles. The van der Waals surface area contributed by atoms with Gasteiger partial charge in [-0.3, -0.25) is 9.78 Å². The highest BCUT2D eigenvalue weighted by Crippen LogP contribution is 2.03. The summed E-state index contributed by atoms with van der Waals surface area (Å²) in [6.45, 7) is 0.645. The van der Waals surface area contributed by atoms with Crippen molar-refractivity contribution in [2.45, 2.75) is 6.42 Å². The van der Waals surface area contributed by atoms with Crippen LogP contribution in [0, 0.1) is 0 Å². The van der Waals surface area contributed by atoms with Gasteiger partial charge in [-0.2, -0.15) is 4.98 Å². The summed E-state index contributed by atoms with van der Waals surface area (Å²) in [5, 5.41) is 8.64. The Balaban J connectivity index is 2.36. The van der Waals surface area contributed by atoms with Crippen LogP contribution in [0.4, 0.5) is 5.95 Å². The van der Waals surface area contributed by atoms with Gasteiger partial charge in [0.05, 0.1) is 0 Å².